The van der Waals surface area contributed by atoms with E-state index < -0.39 is 10.8 Å². The smallest absolute Gasteiger partial charge is 0.228 e. The zero-order chi connectivity index (χ0) is 16.3. The van der Waals surface area contributed by atoms with Crippen LogP contribution in [0.4, 0.5) is 0 Å². The third kappa shape index (κ3) is 4.04. The van der Waals surface area contributed by atoms with Gasteiger partial charge in [0.2, 0.25) is 11.8 Å². The molecule has 0 spiro atoms. The largest absolute Gasteiger partial charge is 0.441 e. The first kappa shape index (κ1) is 16.9. The molecule has 2 unspecified atom stereocenters. The van der Waals surface area contributed by atoms with Crippen LogP contribution in [0.1, 0.15) is 18.4 Å². The van der Waals surface area contributed by atoms with Gasteiger partial charge in [-0.25, -0.2) is 4.98 Å². The van der Waals surface area contributed by atoms with E-state index in [0.29, 0.717) is 23.1 Å². The van der Waals surface area contributed by atoms with Crippen LogP contribution in [0.5, 0.6) is 0 Å². The van der Waals surface area contributed by atoms with Crippen LogP contribution in [-0.4, -0.2) is 45.1 Å². The fourth-order valence-electron chi connectivity index (χ4n) is 2.07. The van der Waals surface area contributed by atoms with Crippen molar-refractivity contribution in [3.63, 3.8) is 0 Å². The van der Waals surface area contributed by atoms with Gasteiger partial charge in [0.05, 0.1) is 12.1 Å². The van der Waals surface area contributed by atoms with Gasteiger partial charge in [0.25, 0.3) is 0 Å². The Morgan fingerprint density at radius 3 is 2.86 bits per heavy atom. The molecule has 2 aromatic rings. The Bertz CT molecular complexity index is 664. The number of aromatic nitrogens is 1. The summed E-state index contributed by atoms with van der Waals surface area (Å²) < 4.78 is 16.9. The number of carbonyl (C=O) groups is 1. The Morgan fingerprint density at radius 1 is 1.55 bits per heavy atom. The van der Waals surface area contributed by atoms with Gasteiger partial charge in [-0.15, -0.1) is 0 Å². The van der Waals surface area contributed by atoms with Gasteiger partial charge in [-0.2, -0.15) is 11.3 Å². The van der Waals surface area contributed by atoms with Crippen LogP contribution in [0.15, 0.2) is 21.2 Å². The molecule has 22 heavy (non-hydrogen) atoms. The Hall–Kier alpha value is -1.47. The molecule has 120 valence electrons. The van der Waals surface area contributed by atoms with Gasteiger partial charge in [-0.1, -0.05) is 0 Å². The lowest BCUT2D eigenvalue weighted by molar-refractivity contribution is -0.130. The van der Waals surface area contributed by atoms with E-state index in [2.05, 4.69) is 4.98 Å². The Labute approximate surface area is 136 Å². The number of thiophene rings is 1. The van der Waals surface area contributed by atoms with Crippen molar-refractivity contribution in [3.8, 4) is 11.5 Å². The zero-order valence-electron chi connectivity index (χ0n) is 13.2. The first-order valence-corrected chi connectivity index (χ1v) is 9.60. The van der Waals surface area contributed by atoms with Crippen molar-refractivity contribution in [1.29, 1.82) is 0 Å². The number of amides is 1. The third-order valence-corrected chi connectivity index (χ3v) is 5.14. The van der Waals surface area contributed by atoms with Gasteiger partial charge in [-0.05, 0) is 25.3 Å². The van der Waals surface area contributed by atoms with Crippen molar-refractivity contribution in [1.82, 2.24) is 9.88 Å². The van der Waals surface area contributed by atoms with Gasteiger partial charge < -0.3 is 9.32 Å². The minimum Gasteiger partial charge on any atom is -0.441 e. The van der Waals surface area contributed by atoms with Crippen LogP contribution in [-0.2, 0) is 22.0 Å². The summed E-state index contributed by atoms with van der Waals surface area (Å²) in [5.74, 6) is 1.63. The monoisotopic (exact) mass is 340 g/mol. The van der Waals surface area contributed by atoms with Gasteiger partial charge in [0.15, 0.2) is 0 Å². The van der Waals surface area contributed by atoms with E-state index in [4.69, 9.17) is 4.42 Å². The van der Waals surface area contributed by atoms with E-state index >= 15 is 0 Å². The van der Waals surface area contributed by atoms with Crippen molar-refractivity contribution in [2.75, 3.05) is 19.1 Å². The van der Waals surface area contributed by atoms with Gasteiger partial charge in [0.1, 0.15) is 5.76 Å². The summed E-state index contributed by atoms with van der Waals surface area (Å²) in [6, 6.07) is 1.87. The predicted molar refractivity (Wildman–Crippen MR) is 89.4 cm³/mol. The number of nitrogens with zero attached hydrogens (tertiary/aromatic N) is 2. The number of oxazole rings is 1. The summed E-state index contributed by atoms with van der Waals surface area (Å²) in [4.78, 5) is 18.4. The van der Waals surface area contributed by atoms with Gasteiger partial charge in [-0.3, -0.25) is 9.00 Å². The second kappa shape index (κ2) is 7.19. The maximum absolute atomic E-state index is 12.3. The van der Waals surface area contributed by atoms with Crippen LogP contribution in [0.3, 0.4) is 0 Å². The Balaban J connectivity index is 2.07. The SMILES string of the molecule is Cc1oc(-c2ccsc2)nc1CC(=O)N(C)C(C)CS(C)=O. The van der Waals surface area contributed by atoms with Crippen molar-refractivity contribution < 1.29 is 13.4 Å². The van der Waals surface area contributed by atoms with Gasteiger partial charge in [0, 0.05) is 46.8 Å². The van der Waals surface area contributed by atoms with Crippen LogP contribution in [0.2, 0.25) is 0 Å². The minimum atomic E-state index is -0.927. The summed E-state index contributed by atoms with van der Waals surface area (Å²) >= 11 is 1.57. The van der Waals surface area contributed by atoms with Crippen molar-refractivity contribution in [2.24, 2.45) is 0 Å². The highest BCUT2D eigenvalue weighted by molar-refractivity contribution is 7.84. The van der Waals surface area contributed by atoms with Crippen molar-refractivity contribution in [2.45, 2.75) is 26.3 Å². The molecule has 0 bridgehead atoms. The summed E-state index contributed by atoms with van der Waals surface area (Å²) in [6.45, 7) is 3.71. The lowest BCUT2D eigenvalue weighted by Gasteiger charge is -2.23. The standard InChI is InChI=1S/C15H20N2O3S2/c1-10(9-22(4)19)17(3)14(18)7-13-11(2)20-15(16-13)12-5-6-21-8-12/h5-6,8,10H,7,9H2,1-4H3. The molecule has 5 nitrogen and oxygen atoms in total. The topological polar surface area (TPSA) is 63.4 Å². The molecule has 0 saturated carbocycles. The summed E-state index contributed by atoms with van der Waals surface area (Å²) in [5.41, 5.74) is 1.58. The van der Waals surface area contributed by atoms with E-state index in [0.717, 1.165) is 5.56 Å². The number of aryl methyl sites for hydroxylation is 1. The highest BCUT2D eigenvalue weighted by atomic mass is 32.2. The fraction of sp³-hybridized carbons (Fsp3) is 0.467. The van der Waals surface area contributed by atoms with Crippen molar-refractivity contribution >= 4 is 28.0 Å². The second-order valence-corrected chi connectivity index (χ2v) is 7.56. The quantitative estimate of drug-likeness (QED) is 0.810. The van der Waals surface area contributed by atoms with Crippen LogP contribution in [0.25, 0.3) is 11.5 Å². The molecule has 2 aromatic heterocycles. The Morgan fingerprint density at radius 2 is 2.27 bits per heavy atom. The molecular formula is C15H20N2O3S2. The third-order valence-electron chi connectivity index (χ3n) is 3.51. The average molecular weight is 340 g/mol. The maximum atomic E-state index is 12.3. The van der Waals surface area contributed by atoms with E-state index in [-0.39, 0.29) is 18.4 Å². The normalized spacial score (nSPS) is 13.8. The van der Waals surface area contributed by atoms with Crippen molar-refractivity contribution in [3.05, 3.63) is 28.3 Å². The lowest BCUT2D eigenvalue weighted by atomic mass is 10.2. The lowest BCUT2D eigenvalue weighted by Crippen LogP contribution is -2.39. The van der Waals surface area contributed by atoms with Gasteiger partial charge >= 0.3 is 0 Å². The molecule has 1 amide bonds. The van der Waals surface area contributed by atoms with E-state index in [1.54, 1.807) is 29.5 Å². The zero-order valence-corrected chi connectivity index (χ0v) is 14.8. The molecule has 0 fully saturated rings. The second-order valence-electron chi connectivity index (χ2n) is 5.30. The highest BCUT2D eigenvalue weighted by Crippen LogP contribution is 2.24. The molecule has 7 heteroatoms. The summed E-state index contributed by atoms with van der Waals surface area (Å²) in [5, 5.41) is 3.92. The molecule has 2 atom stereocenters. The number of rotatable bonds is 6. The number of likely N-dealkylation sites (N-methyl/N-ethyl adjacent to an activating group) is 1. The fourth-order valence-corrected chi connectivity index (χ4v) is 3.60. The van der Waals surface area contributed by atoms with E-state index in [9.17, 15) is 9.00 Å². The molecule has 0 N–H and O–H groups in total. The number of carbonyl (C=O) groups excluding carboxylic acids is 1. The van der Waals surface area contributed by atoms with Crippen LogP contribution < -0.4 is 0 Å². The highest BCUT2D eigenvalue weighted by Gasteiger charge is 2.20. The predicted octanol–water partition coefficient (Wildman–Crippen LogP) is 2.48. The average Bonchev–Trinajstić information content (AvgIpc) is 3.07. The molecule has 0 aliphatic heterocycles. The first-order valence-electron chi connectivity index (χ1n) is 6.93. The molecule has 0 radical (unpaired) electrons. The molecule has 0 aliphatic carbocycles. The summed E-state index contributed by atoms with van der Waals surface area (Å²) in [6.07, 6.45) is 1.83. The van der Waals surface area contributed by atoms with E-state index in [1.807, 2.05) is 30.7 Å². The number of hydrogen-bond acceptors (Lipinski definition) is 5. The minimum absolute atomic E-state index is 0.0498. The molecular weight excluding hydrogens is 320 g/mol. The summed E-state index contributed by atoms with van der Waals surface area (Å²) in [7, 11) is 0.804. The van der Waals surface area contributed by atoms with E-state index in [1.165, 1.54) is 0 Å². The molecule has 0 saturated heterocycles. The van der Waals surface area contributed by atoms with Crippen LogP contribution in [0, 0.1) is 6.92 Å². The number of hydrogen-bond donors (Lipinski definition) is 0. The van der Waals surface area contributed by atoms with Crippen LogP contribution >= 0.6 is 11.3 Å². The molecule has 0 aromatic carbocycles. The Kier molecular flexibility index (Phi) is 5.52. The molecule has 0 aliphatic rings. The molecule has 2 rings (SSSR count). The first-order chi connectivity index (χ1) is 10.4. The maximum Gasteiger partial charge on any atom is 0.228 e. The molecule has 2 heterocycles.